The molecule has 0 aliphatic rings. The monoisotopic (exact) mass is 167 g/mol. The quantitative estimate of drug-likeness (QED) is 0.628. The van der Waals surface area contributed by atoms with Gasteiger partial charge >= 0.3 is 0 Å². The van der Waals surface area contributed by atoms with Crippen molar-refractivity contribution in [2.24, 2.45) is 0 Å². The van der Waals surface area contributed by atoms with E-state index in [0.717, 1.165) is 5.69 Å². The van der Waals surface area contributed by atoms with Gasteiger partial charge < -0.3 is 4.74 Å². The van der Waals surface area contributed by atoms with Crippen LogP contribution in [0, 0.1) is 0 Å². The predicted octanol–water partition coefficient (Wildman–Crippen LogP) is 1.95. The van der Waals surface area contributed by atoms with Crippen molar-refractivity contribution >= 4 is 17.3 Å². The molecule has 2 nitrogen and oxygen atoms in total. The van der Waals surface area contributed by atoms with Gasteiger partial charge in [0.15, 0.2) is 5.05 Å². The van der Waals surface area contributed by atoms with Crippen LogP contribution in [0.3, 0.4) is 0 Å². The molecule has 0 atom stereocenters. The Labute approximate surface area is 71.2 Å². The molecule has 0 amide bonds. The van der Waals surface area contributed by atoms with E-state index in [1.165, 1.54) is 0 Å². The molecular formula is C8H9NOS. The molecule has 0 fully saturated rings. The molecule has 0 aliphatic heterocycles. The van der Waals surface area contributed by atoms with E-state index in [2.05, 4.69) is 4.98 Å². The average Bonchev–Trinajstić information content (AvgIpc) is 2.03. The fourth-order valence-corrected chi connectivity index (χ4v) is 0.718. The highest BCUT2D eigenvalue weighted by Crippen LogP contribution is 1.96. The molecular weight excluding hydrogens is 158 g/mol. The van der Waals surface area contributed by atoms with E-state index in [1.807, 2.05) is 18.2 Å². The molecule has 0 saturated carbocycles. The fourth-order valence-electron chi connectivity index (χ4n) is 0.659. The molecule has 0 bridgehead atoms. The van der Waals surface area contributed by atoms with Crippen molar-refractivity contribution in [1.29, 1.82) is 0 Å². The van der Waals surface area contributed by atoms with Crippen LogP contribution in [0.1, 0.15) is 12.6 Å². The summed E-state index contributed by atoms with van der Waals surface area (Å²) in [7, 11) is 0. The van der Waals surface area contributed by atoms with Gasteiger partial charge in [-0.3, -0.25) is 4.98 Å². The van der Waals surface area contributed by atoms with Crippen LogP contribution in [0.2, 0.25) is 0 Å². The molecule has 0 saturated heterocycles. The lowest BCUT2D eigenvalue weighted by molar-refractivity contribution is 0.294. The summed E-state index contributed by atoms with van der Waals surface area (Å²) in [4.78, 5) is 4.07. The van der Waals surface area contributed by atoms with Crippen LogP contribution in [-0.4, -0.2) is 10.0 Å². The molecule has 0 unspecified atom stereocenters. The van der Waals surface area contributed by atoms with Crippen molar-refractivity contribution in [3.63, 3.8) is 0 Å². The normalized spacial score (nSPS) is 9.18. The van der Waals surface area contributed by atoms with E-state index in [-0.39, 0.29) is 0 Å². The van der Waals surface area contributed by atoms with E-state index < -0.39 is 0 Å². The summed E-state index contributed by atoms with van der Waals surface area (Å²) in [6.45, 7) is 2.22. The highest BCUT2D eigenvalue weighted by molar-refractivity contribution is 7.80. The SMILES string of the molecule is CC(=S)OCc1ccccn1. The molecule has 1 aromatic heterocycles. The van der Waals surface area contributed by atoms with Crippen LogP contribution in [0.15, 0.2) is 24.4 Å². The van der Waals surface area contributed by atoms with Crippen LogP contribution in [0.25, 0.3) is 0 Å². The first-order valence-electron chi connectivity index (χ1n) is 3.32. The van der Waals surface area contributed by atoms with Crippen LogP contribution in [0.5, 0.6) is 0 Å². The highest BCUT2D eigenvalue weighted by atomic mass is 32.1. The molecule has 1 rings (SSSR count). The summed E-state index contributed by atoms with van der Waals surface area (Å²) in [5, 5.41) is 0.552. The highest BCUT2D eigenvalue weighted by Gasteiger charge is 1.92. The van der Waals surface area contributed by atoms with Crippen LogP contribution in [-0.2, 0) is 11.3 Å². The second-order valence-corrected chi connectivity index (χ2v) is 2.68. The maximum Gasteiger partial charge on any atom is 0.157 e. The first-order valence-corrected chi connectivity index (χ1v) is 3.73. The van der Waals surface area contributed by atoms with Gasteiger partial charge in [-0.05, 0) is 24.4 Å². The Balaban J connectivity index is 2.45. The van der Waals surface area contributed by atoms with E-state index in [0.29, 0.717) is 11.7 Å². The van der Waals surface area contributed by atoms with E-state index >= 15 is 0 Å². The Morgan fingerprint density at radius 1 is 1.64 bits per heavy atom. The summed E-state index contributed by atoms with van der Waals surface area (Å²) in [6.07, 6.45) is 1.73. The minimum absolute atomic E-state index is 0.468. The van der Waals surface area contributed by atoms with E-state index in [4.69, 9.17) is 17.0 Å². The minimum Gasteiger partial charge on any atom is -0.481 e. The standard InChI is InChI=1S/C8H9NOS/c1-7(11)10-6-8-4-2-3-5-9-8/h2-5H,6H2,1H3. The number of nitrogens with zero attached hydrogens (tertiary/aromatic N) is 1. The molecule has 11 heavy (non-hydrogen) atoms. The molecule has 1 aromatic rings. The summed E-state index contributed by atoms with van der Waals surface area (Å²) >= 11 is 4.74. The molecule has 0 aromatic carbocycles. The Morgan fingerprint density at radius 2 is 2.45 bits per heavy atom. The third-order valence-electron chi connectivity index (χ3n) is 1.15. The molecule has 0 aliphatic carbocycles. The lowest BCUT2D eigenvalue weighted by Crippen LogP contribution is -1.97. The van der Waals surface area contributed by atoms with Crippen molar-refractivity contribution < 1.29 is 4.74 Å². The number of pyridine rings is 1. The van der Waals surface area contributed by atoms with Gasteiger partial charge in [-0.15, -0.1) is 0 Å². The number of ether oxygens (including phenoxy) is 1. The Morgan fingerprint density at radius 3 is 3.00 bits per heavy atom. The first kappa shape index (κ1) is 8.14. The van der Waals surface area contributed by atoms with Gasteiger partial charge in [-0.1, -0.05) is 6.07 Å². The fraction of sp³-hybridized carbons (Fsp3) is 0.250. The topological polar surface area (TPSA) is 22.1 Å². The molecule has 3 heteroatoms. The predicted molar refractivity (Wildman–Crippen MR) is 47.3 cm³/mol. The summed E-state index contributed by atoms with van der Waals surface area (Å²) < 4.78 is 5.10. The van der Waals surface area contributed by atoms with Gasteiger partial charge in [0, 0.05) is 13.1 Å². The lowest BCUT2D eigenvalue weighted by Gasteiger charge is -2.01. The van der Waals surface area contributed by atoms with Crippen LogP contribution in [0.4, 0.5) is 0 Å². The molecule has 0 N–H and O–H groups in total. The second-order valence-electron chi connectivity index (χ2n) is 2.10. The van der Waals surface area contributed by atoms with Crippen molar-refractivity contribution in [3.05, 3.63) is 30.1 Å². The van der Waals surface area contributed by atoms with Crippen molar-refractivity contribution in [2.45, 2.75) is 13.5 Å². The zero-order valence-electron chi connectivity index (χ0n) is 6.28. The molecule has 58 valence electrons. The zero-order chi connectivity index (χ0) is 8.10. The number of aromatic nitrogens is 1. The summed E-state index contributed by atoms with van der Waals surface area (Å²) in [5.41, 5.74) is 0.900. The second kappa shape index (κ2) is 4.03. The van der Waals surface area contributed by atoms with Gasteiger partial charge in [0.2, 0.25) is 0 Å². The summed E-state index contributed by atoms with van der Waals surface area (Å²) in [5.74, 6) is 0. The zero-order valence-corrected chi connectivity index (χ0v) is 7.10. The van der Waals surface area contributed by atoms with Gasteiger partial charge in [-0.2, -0.15) is 0 Å². The van der Waals surface area contributed by atoms with Gasteiger partial charge in [-0.25, -0.2) is 0 Å². The van der Waals surface area contributed by atoms with E-state index in [1.54, 1.807) is 13.1 Å². The van der Waals surface area contributed by atoms with E-state index in [9.17, 15) is 0 Å². The smallest absolute Gasteiger partial charge is 0.157 e. The van der Waals surface area contributed by atoms with Crippen LogP contribution < -0.4 is 0 Å². The van der Waals surface area contributed by atoms with Gasteiger partial charge in [0.25, 0.3) is 0 Å². The van der Waals surface area contributed by atoms with Gasteiger partial charge in [0.05, 0.1) is 5.69 Å². The van der Waals surface area contributed by atoms with Crippen LogP contribution >= 0.6 is 12.2 Å². The molecule has 1 heterocycles. The summed E-state index contributed by atoms with van der Waals surface area (Å²) in [6, 6.07) is 5.69. The van der Waals surface area contributed by atoms with Crippen molar-refractivity contribution in [2.75, 3.05) is 0 Å². The Hall–Kier alpha value is -0.960. The molecule has 0 radical (unpaired) electrons. The third-order valence-corrected chi connectivity index (χ3v) is 1.27. The van der Waals surface area contributed by atoms with Crippen molar-refractivity contribution in [3.8, 4) is 0 Å². The molecule has 0 spiro atoms. The number of hydrogen-bond acceptors (Lipinski definition) is 3. The minimum atomic E-state index is 0.468. The number of hydrogen-bond donors (Lipinski definition) is 0. The maximum atomic E-state index is 5.10. The maximum absolute atomic E-state index is 5.10. The first-order chi connectivity index (χ1) is 5.29. The van der Waals surface area contributed by atoms with Gasteiger partial charge in [0.1, 0.15) is 6.61 Å². The number of rotatable bonds is 2. The van der Waals surface area contributed by atoms with Crippen molar-refractivity contribution in [1.82, 2.24) is 4.98 Å². The third kappa shape index (κ3) is 3.09. The Bertz CT molecular complexity index is 235. The lowest BCUT2D eigenvalue weighted by atomic mass is 10.4. The number of thiocarbonyl (C=S) groups is 1. The average molecular weight is 167 g/mol. The largest absolute Gasteiger partial charge is 0.481 e. The Kier molecular flexibility index (Phi) is 2.98.